The lowest BCUT2D eigenvalue weighted by atomic mass is 9.71. The summed E-state index contributed by atoms with van der Waals surface area (Å²) in [4.78, 5) is 0. The molecule has 0 fully saturated rings. The van der Waals surface area contributed by atoms with Crippen LogP contribution in [-0.2, 0) is 22.7 Å². The molecule has 9 aromatic carbocycles. The molecule has 0 amide bonds. The van der Waals surface area contributed by atoms with Gasteiger partial charge in [0, 0.05) is 16.2 Å². The maximum atomic E-state index is 2.56. The van der Waals surface area contributed by atoms with Crippen LogP contribution in [0.2, 0.25) is 0 Å². The van der Waals surface area contributed by atoms with Crippen LogP contribution in [0.1, 0.15) is 88.9 Å². The maximum Gasteiger partial charge on any atom is 0.0436 e. The second kappa shape index (κ2) is 14.2. The van der Waals surface area contributed by atoms with Crippen molar-refractivity contribution in [3.05, 3.63) is 249 Å². The van der Waals surface area contributed by atoms with Gasteiger partial charge in [-0.15, -0.1) is 0 Å². The highest BCUT2D eigenvalue weighted by atomic mass is 14.5. The Kier molecular flexibility index (Phi) is 8.67. The average Bonchev–Trinajstić information content (AvgIpc) is 3.84. The molecule has 9 aromatic rings. The summed E-state index contributed by atoms with van der Waals surface area (Å²) in [5.74, 6) is 0. The summed E-state index contributed by atoms with van der Waals surface area (Å²) in [5.41, 5.74) is 30.0. The summed E-state index contributed by atoms with van der Waals surface area (Å²) < 4.78 is 0. The third kappa shape index (κ3) is 5.82. The van der Waals surface area contributed by atoms with Gasteiger partial charge in [0.15, 0.2) is 0 Å². The van der Waals surface area contributed by atoms with Gasteiger partial charge in [-0.1, -0.05) is 207 Å². The van der Waals surface area contributed by atoms with Gasteiger partial charge >= 0.3 is 0 Å². The molecule has 0 saturated heterocycles. The molecule has 3 aliphatic carbocycles. The van der Waals surface area contributed by atoms with E-state index in [9.17, 15) is 0 Å². The quantitative estimate of drug-likeness (QED) is 0.157. The van der Waals surface area contributed by atoms with Gasteiger partial charge in [-0.25, -0.2) is 0 Å². The van der Waals surface area contributed by atoms with Crippen molar-refractivity contribution in [3.8, 4) is 66.8 Å². The molecule has 12 rings (SSSR count). The van der Waals surface area contributed by atoms with Gasteiger partial charge in [0.05, 0.1) is 0 Å². The van der Waals surface area contributed by atoms with Crippen LogP contribution < -0.4 is 0 Å². The molecule has 3 aliphatic rings. The molecule has 2 unspecified atom stereocenters. The molecule has 0 nitrogen and oxygen atoms in total. The Morgan fingerprint density at radius 1 is 0.338 bits per heavy atom. The first-order chi connectivity index (χ1) is 31.4. The van der Waals surface area contributed by atoms with E-state index in [4.69, 9.17) is 0 Å². The van der Waals surface area contributed by atoms with Crippen LogP contribution in [0.3, 0.4) is 0 Å². The molecule has 314 valence electrons. The molecule has 0 heteroatoms. The molecule has 0 aromatic heterocycles. The molecule has 0 saturated carbocycles. The van der Waals surface area contributed by atoms with Crippen molar-refractivity contribution in [1.29, 1.82) is 0 Å². The molecule has 0 spiro atoms. The molecule has 65 heavy (non-hydrogen) atoms. The third-order valence-electron chi connectivity index (χ3n) is 15.8. The molecule has 2 atom stereocenters. The smallest absolute Gasteiger partial charge is 0.0436 e. The Balaban J connectivity index is 1.06. The Hall–Kier alpha value is -7.02. The Bertz CT molecular complexity index is 3390. The first-order valence-electron chi connectivity index (χ1n) is 23.5. The van der Waals surface area contributed by atoms with Crippen LogP contribution in [0.5, 0.6) is 0 Å². The fourth-order valence-corrected chi connectivity index (χ4v) is 12.3. The Labute approximate surface area is 385 Å². The zero-order valence-electron chi connectivity index (χ0n) is 38.6. The van der Waals surface area contributed by atoms with Gasteiger partial charge in [0.1, 0.15) is 0 Å². The van der Waals surface area contributed by atoms with Crippen molar-refractivity contribution >= 4 is 0 Å². The van der Waals surface area contributed by atoms with Gasteiger partial charge in [0.2, 0.25) is 0 Å². The first kappa shape index (κ1) is 39.6. The highest BCUT2D eigenvalue weighted by molar-refractivity contribution is 5.92. The highest BCUT2D eigenvalue weighted by Crippen LogP contribution is 2.59. The van der Waals surface area contributed by atoms with Crippen molar-refractivity contribution in [1.82, 2.24) is 0 Å². The third-order valence-corrected chi connectivity index (χ3v) is 15.8. The number of rotatable bonds is 6. The minimum absolute atomic E-state index is 0.146. The fourth-order valence-electron chi connectivity index (χ4n) is 12.3. The summed E-state index contributed by atoms with van der Waals surface area (Å²) in [6.45, 7) is 16.3. The Morgan fingerprint density at radius 2 is 0.862 bits per heavy atom. The van der Waals surface area contributed by atoms with Gasteiger partial charge in [-0.05, 0) is 164 Å². The number of aryl methyl sites for hydroxylation is 3. The largest absolute Gasteiger partial charge is 0.0619 e. The molecular weight excluding hydrogens is 781 g/mol. The second-order valence-corrected chi connectivity index (χ2v) is 20.3. The minimum atomic E-state index is -0.396. The lowest BCUT2D eigenvalue weighted by molar-refractivity contribution is 0.583. The lowest BCUT2D eigenvalue weighted by Crippen LogP contribution is -2.25. The van der Waals surface area contributed by atoms with Crippen molar-refractivity contribution in [2.75, 3.05) is 0 Å². The van der Waals surface area contributed by atoms with E-state index >= 15 is 0 Å². The van der Waals surface area contributed by atoms with Crippen LogP contribution in [0, 0.1) is 20.8 Å². The monoisotopic (exact) mass is 834 g/mol. The van der Waals surface area contributed by atoms with E-state index in [-0.39, 0.29) is 10.8 Å². The first-order valence-corrected chi connectivity index (χ1v) is 23.5. The van der Waals surface area contributed by atoms with Crippen molar-refractivity contribution in [2.24, 2.45) is 0 Å². The normalized spacial score (nSPS) is 18.1. The van der Waals surface area contributed by atoms with Crippen molar-refractivity contribution in [3.63, 3.8) is 0 Å². The number of hydrogen-bond donors (Lipinski definition) is 0. The Morgan fingerprint density at radius 3 is 1.55 bits per heavy atom. The number of hydrogen-bond acceptors (Lipinski definition) is 0. The van der Waals surface area contributed by atoms with Crippen molar-refractivity contribution < 1.29 is 0 Å². The predicted molar refractivity (Wildman–Crippen MR) is 274 cm³/mol. The SMILES string of the molecule is Cc1ccc(-c2ccc3c(c2)-c2ccccc2C3(C)Cc2cc(-c3ccc(C)cc3)cc3c2-c2ccccc2C3(C)c2ccc3c(c2)-c2cccc(-c4ccc(C)cc4)c2C3(C)C)cc1. The van der Waals surface area contributed by atoms with E-state index in [0.717, 1.165) is 6.42 Å². The van der Waals surface area contributed by atoms with Gasteiger partial charge in [0.25, 0.3) is 0 Å². The molecule has 0 radical (unpaired) electrons. The van der Waals surface area contributed by atoms with E-state index in [1.165, 1.54) is 128 Å². The fraction of sp³-hybridized carbons (Fsp3) is 0.169. The van der Waals surface area contributed by atoms with E-state index in [1.54, 1.807) is 0 Å². The zero-order valence-corrected chi connectivity index (χ0v) is 38.6. The van der Waals surface area contributed by atoms with Crippen LogP contribution in [0.15, 0.2) is 188 Å². The van der Waals surface area contributed by atoms with E-state index in [0.29, 0.717) is 0 Å². The van der Waals surface area contributed by atoms with Crippen LogP contribution in [0.4, 0.5) is 0 Å². The number of benzene rings is 9. The van der Waals surface area contributed by atoms with Gasteiger partial charge < -0.3 is 0 Å². The van der Waals surface area contributed by atoms with E-state index < -0.39 is 5.41 Å². The lowest BCUT2D eigenvalue weighted by Gasteiger charge is -2.32. The average molecular weight is 835 g/mol. The highest BCUT2D eigenvalue weighted by Gasteiger charge is 2.46. The zero-order chi connectivity index (χ0) is 44.4. The van der Waals surface area contributed by atoms with Crippen LogP contribution in [0.25, 0.3) is 66.8 Å². The van der Waals surface area contributed by atoms with Gasteiger partial charge in [-0.2, -0.15) is 0 Å². The van der Waals surface area contributed by atoms with E-state index in [2.05, 4.69) is 237 Å². The summed E-state index contributed by atoms with van der Waals surface area (Å²) in [6.07, 6.45) is 0.876. The standard InChI is InChI=1S/C65H54/c1-40-19-25-43(26-20-40)46-31-33-58-54(36-46)51-13-8-10-17-57(51)64(58,6)39-48-35-47(44-27-21-41(2)22-28-44)37-60-61(48)53-14-9-11-18-59(53)65(60,7)49-32-34-56-55(38-49)52-16-12-15-50(62(52)63(56,4)5)45-29-23-42(3)24-30-45/h8-38H,39H2,1-7H3. The van der Waals surface area contributed by atoms with Crippen LogP contribution >= 0.6 is 0 Å². The van der Waals surface area contributed by atoms with E-state index in [1.807, 2.05) is 0 Å². The van der Waals surface area contributed by atoms with Crippen LogP contribution in [-0.4, -0.2) is 0 Å². The van der Waals surface area contributed by atoms with Crippen molar-refractivity contribution in [2.45, 2.75) is 71.1 Å². The predicted octanol–water partition coefficient (Wildman–Crippen LogP) is 16.8. The summed E-state index contributed by atoms with van der Waals surface area (Å²) >= 11 is 0. The number of fused-ring (bicyclic) bond motifs is 9. The molecule has 0 N–H and O–H groups in total. The summed E-state index contributed by atoms with van der Waals surface area (Å²) in [7, 11) is 0. The minimum Gasteiger partial charge on any atom is -0.0619 e. The molecule has 0 bridgehead atoms. The maximum absolute atomic E-state index is 2.56. The second-order valence-electron chi connectivity index (χ2n) is 20.3. The summed E-state index contributed by atoms with van der Waals surface area (Å²) in [6, 6.07) is 72.3. The molecular formula is C65H54. The van der Waals surface area contributed by atoms with Gasteiger partial charge in [-0.3, -0.25) is 0 Å². The summed E-state index contributed by atoms with van der Waals surface area (Å²) in [5, 5.41) is 0. The molecule has 0 aliphatic heterocycles. The topological polar surface area (TPSA) is 0 Å². The molecule has 0 heterocycles.